The summed E-state index contributed by atoms with van der Waals surface area (Å²) in [5.41, 5.74) is 1.25. The molecule has 2 rings (SSSR count). The van der Waals surface area contributed by atoms with Crippen LogP contribution in [-0.2, 0) is 15.8 Å². The Kier molecular flexibility index (Phi) is 4.23. The lowest BCUT2D eigenvalue weighted by Gasteiger charge is -2.06. The maximum Gasteiger partial charge on any atom is 0.216 e. The standard InChI is InChI=1S/C14H18N2O2S/c1-2-3-13-8-14(13)16-19(17,18)10-12-6-4-11(9-15)5-7-12/h4-7,13-14,16H,2-3,8,10H2,1H3. The lowest BCUT2D eigenvalue weighted by atomic mass is 10.2. The number of nitrogens with one attached hydrogen (secondary N) is 1. The maximum absolute atomic E-state index is 12.0. The van der Waals surface area contributed by atoms with Crippen molar-refractivity contribution in [3.8, 4) is 6.07 Å². The predicted octanol–water partition coefficient (Wildman–Crippen LogP) is 2.17. The molecule has 1 aromatic carbocycles. The first kappa shape index (κ1) is 14.0. The van der Waals surface area contributed by atoms with Crippen LogP contribution in [0.3, 0.4) is 0 Å². The van der Waals surface area contributed by atoms with E-state index in [1.54, 1.807) is 24.3 Å². The molecule has 0 bridgehead atoms. The molecule has 0 aromatic heterocycles. The van der Waals surface area contributed by atoms with Crippen molar-refractivity contribution in [1.82, 2.24) is 4.72 Å². The third-order valence-electron chi connectivity index (χ3n) is 3.35. The van der Waals surface area contributed by atoms with Gasteiger partial charge in [0, 0.05) is 6.04 Å². The molecule has 0 spiro atoms. The number of benzene rings is 1. The Bertz CT molecular complexity index is 572. The van der Waals surface area contributed by atoms with E-state index in [0.717, 1.165) is 19.3 Å². The summed E-state index contributed by atoms with van der Waals surface area (Å²) in [5.74, 6) is 0.495. The molecule has 1 aliphatic carbocycles. The van der Waals surface area contributed by atoms with E-state index in [-0.39, 0.29) is 11.8 Å². The molecule has 1 N–H and O–H groups in total. The zero-order valence-electron chi connectivity index (χ0n) is 11.0. The highest BCUT2D eigenvalue weighted by molar-refractivity contribution is 7.88. The molecule has 1 aliphatic rings. The van der Waals surface area contributed by atoms with Crippen LogP contribution in [0.1, 0.15) is 37.3 Å². The van der Waals surface area contributed by atoms with Gasteiger partial charge in [0.15, 0.2) is 0 Å². The lowest BCUT2D eigenvalue weighted by Crippen LogP contribution is -2.28. The highest BCUT2D eigenvalue weighted by Gasteiger charge is 2.38. The van der Waals surface area contributed by atoms with Crippen LogP contribution in [0.2, 0.25) is 0 Å². The molecule has 19 heavy (non-hydrogen) atoms. The smallest absolute Gasteiger partial charge is 0.212 e. The van der Waals surface area contributed by atoms with Gasteiger partial charge in [0.25, 0.3) is 0 Å². The second-order valence-corrected chi connectivity index (χ2v) is 6.83. The van der Waals surface area contributed by atoms with Crippen molar-refractivity contribution in [1.29, 1.82) is 5.26 Å². The van der Waals surface area contributed by atoms with Crippen LogP contribution in [0.5, 0.6) is 0 Å². The molecule has 0 amide bonds. The zero-order valence-corrected chi connectivity index (χ0v) is 11.8. The van der Waals surface area contributed by atoms with Crippen LogP contribution in [0.25, 0.3) is 0 Å². The highest BCUT2D eigenvalue weighted by atomic mass is 32.2. The molecule has 0 aliphatic heterocycles. The topological polar surface area (TPSA) is 70.0 Å². The van der Waals surface area contributed by atoms with Gasteiger partial charge in [-0.15, -0.1) is 0 Å². The fourth-order valence-corrected chi connectivity index (χ4v) is 3.71. The minimum Gasteiger partial charge on any atom is -0.212 e. The third kappa shape index (κ3) is 4.05. The number of nitrogens with zero attached hydrogens (tertiary/aromatic N) is 1. The van der Waals surface area contributed by atoms with Gasteiger partial charge in [0.2, 0.25) is 10.0 Å². The minimum absolute atomic E-state index is 0.0198. The summed E-state index contributed by atoms with van der Waals surface area (Å²) in [5, 5.41) is 8.69. The van der Waals surface area contributed by atoms with Crippen LogP contribution < -0.4 is 4.72 Å². The van der Waals surface area contributed by atoms with E-state index >= 15 is 0 Å². The van der Waals surface area contributed by atoms with Crippen molar-refractivity contribution in [2.24, 2.45) is 5.92 Å². The molecular weight excluding hydrogens is 260 g/mol. The fourth-order valence-electron chi connectivity index (χ4n) is 2.25. The van der Waals surface area contributed by atoms with Gasteiger partial charge in [0.1, 0.15) is 0 Å². The maximum atomic E-state index is 12.0. The first-order valence-electron chi connectivity index (χ1n) is 6.53. The van der Waals surface area contributed by atoms with E-state index in [2.05, 4.69) is 11.6 Å². The van der Waals surface area contributed by atoms with E-state index in [9.17, 15) is 8.42 Å². The zero-order chi connectivity index (χ0) is 13.9. The van der Waals surface area contributed by atoms with E-state index in [1.165, 1.54) is 0 Å². The van der Waals surface area contributed by atoms with Crippen molar-refractivity contribution in [2.75, 3.05) is 0 Å². The van der Waals surface area contributed by atoms with Crippen LogP contribution in [0.4, 0.5) is 0 Å². The van der Waals surface area contributed by atoms with Crippen molar-refractivity contribution >= 4 is 10.0 Å². The summed E-state index contributed by atoms with van der Waals surface area (Å²) < 4.78 is 26.7. The van der Waals surface area contributed by atoms with Gasteiger partial charge in [-0.1, -0.05) is 25.5 Å². The van der Waals surface area contributed by atoms with Crippen LogP contribution in [0.15, 0.2) is 24.3 Å². The van der Waals surface area contributed by atoms with Gasteiger partial charge in [0.05, 0.1) is 17.4 Å². The van der Waals surface area contributed by atoms with Gasteiger partial charge in [-0.2, -0.15) is 5.26 Å². The monoisotopic (exact) mass is 278 g/mol. The Hall–Kier alpha value is -1.38. The number of nitriles is 1. The Morgan fingerprint density at radius 1 is 1.37 bits per heavy atom. The molecule has 0 saturated heterocycles. The molecule has 102 valence electrons. The Labute approximate surface area is 114 Å². The predicted molar refractivity (Wildman–Crippen MR) is 73.7 cm³/mol. The molecule has 1 saturated carbocycles. The van der Waals surface area contributed by atoms with Crippen molar-refractivity contribution in [3.63, 3.8) is 0 Å². The average molecular weight is 278 g/mol. The van der Waals surface area contributed by atoms with Crippen molar-refractivity contribution in [3.05, 3.63) is 35.4 Å². The molecule has 5 heteroatoms. The first-order chi connectivity index (χ1) is 9.04. The summed E-state index contributed by atoms with van der Waals surface area (Å²) in [6, 6.07) is 8.80. The largest absolute Gasteiger partial charge is 0.216 e. The van der Waals surface area contributed by atoms with E-state index in [0.29, 0.717) is 17.0 Å². The second kappa shape index (κ2) is 5.72. The van der Waals surface area contributed by atoms with E-state index in [1.807, 2.05) is 6.07 Å². The van der Waals surface area contributed by atoms with Crippen molar-refractivity contribution < 1.29 is 8.42 Å². The normalized spacial score (nSPS) is 21.9. The number of hydrogen-bond acceptors (Lipinski definition) is 3. The van der Waals surface area contributed by atoms with E-state index < -0.39 is 10.0 Å². The SMILES string of the molecule is CCCC1CC1NS(=O)(=O)Cc1ccc(C#N)cc1. The molecule has 0 radical (unpaired) electrons. The van der Waals surface area contributed by atoms with Crippen LogP contribution in [-0.4, -0.2) is 14.5 Å². The fraction of sp³-hybridized carbons (Fsp3) is 0.500. The summed E-state index contributed by atoms with van der Waals surface area (Å²) >= 11 is 0. The summed E-state index contributed by atoms with van der Waals surface area (Å²) in [7, 11) is -3.28. The molecule has 1 fully saturated rings. The van der Waals surface area contributed by atoms with Crippen LogP contribution in [0, 0.1) is 17.2 Å². The van der Waals surface area contributed by atoms with Gasteiger partial charge >= 0.3 is 0 Å². The van der Waals surface area contributed by atoms with E-state index in [4.69, 9.17) is 5.26 Å². The number of hydrogen-bond donors (Lipinski definition) is 1. The summed E-state index contributed by atoms with van der Waals surface area (Å²) in [6.07, 6.45) is 3.14. The van der Waals surface area contributed by atoms with Crippen LogP contribution >= 0.6 is 0 Å². The average Bonchev–Trinajstić information content (AvgIpc) is 3.07. The minimum atomic E-state index is -3.28. The Balaban J connectivity index is 1.92. The Morgan fingerprint density at radius 2 is 2.05 bits per heavy atom. The molecule has 1 aromatic rings. The Morgan fingerprint density at radius 3 is 2.63 bits per heavy atom. The summed E-state index contributed by atoms with van der Waals surface area (Å²) in [6.45, 7) is 2.11. The molecule has 4 nitrogen and oxygen atoms in total. The van der Waals surface area contributed by atoms with Crippen molar-refractivity contribution in [2.45, 2.75) is 38.0 Å². The molecule has 2 unspecified atom stereocenters. The molecular formula is C14H18N2O2S. The van der Waals surface area contributed by atoms with Gasteiger partial charge in [-0.3, -0.25) is 0 Å². The molecule has 2 atom stereocenters. The second-order valence-electron chi connectivity index (χ2n) is 5.08. The third-order valence-corrected chi connectivity index (χ3v) is 4.73. The highest BCUT2D eigenvalue weighted by Crippen LogP contribution is 2.35. The molecule has 0 heterocycles. The van der Waals surface area contributed by atoms with Gasteiger partial charge in [-0.05, 0) is 36.5 Å². The van der Waals surface area contributed by atoms with Gasteiger partial charge < -0.3 is 0 Å². The number of rotatable bonds is 6. The van der Waals surface area contributed by atoms with Gasteiger partial charge in [-0.25, -0.2) is 13.1 Å². The summed E-state index contributed by atoms with van der Waals surface area (Å²) in [4.78, 5) is 0. The number of sulfonamides is 1. The quantitative estimate of drug-likeness (QED) is 0.867. The first-order valence-corrected chi connectivity index (χ1v) is 8.18. The lowest BCUT2D eigenvalue weighted by molar-refractivity contribution is 0.572.